The molecular weight excluding hydrogens is 238 g/mol. The molecule has 6 heteroatoms. The van der Waals surface area contributed by atoms with Gasteiger partial charge < -0.3 is 10.6 Å². The molecule has 0 atom stereocenters. The number of anilines is 1. The molecule has 94 valence electrons. The first-order valence-electron chi connectivity index (χ1n) is 5.71. The van der Waals surface area contributed by atoms with Crippen LogP contribution in [0.1, 0.15) is 12.1 Å². The van der Waals surface area contributed by atoms with Gasteiger partial charge in [-0.05, 0) is 18.6 Å². The number of nitrogens with two attached hydrogens (primary N) is 1. The molecule has 0 aromatic carbocycles. The number of nitrogens with zero attached hydrogens (tertiary/aromatic N) is 2. The third-order valence-corrected chi connectivity index (χ3v) is 4.65. The molecule has 0 unspecified atom stereocenters. The molecule has 0 amide bonds. The molecule has 1 aromatic heterocycles. The van der Waals surface area contributed by atoms with Crippen LogP contribution in [0.25, 0.3) is 0 Å². The third kappa shape index (κ3) is 3.17. The Kier molecular flexibility index (Phi) is 3.63. The molecular formula is C11H17N3O2S. The van der Waals surface area contributed by atoms with Crippen LogP contribution in [0, 0.1) is 0 Å². The highest BCUT2D eigenvalue weighted by atomic mass is 32.2. The van der Waals surface area contributed by atoms with E-state index < -0.39 is 9.84 Å². The van der Waals surface area contributed by atoms with Crippen LogP contribution in [0.15, 0.2) is 18.3 Å². The van der Waals surface area contributed by atoms with Gasteiger partial charge in [-0.2, -0.15) is 0 Å². The summed E-state index contributed by atoms with van der Waals surface area (Å²) in [5.41, 5.74) is 7.39. The highest BCUT2D eigenvalue weighted by Gasteiger charge is 2.19. The van der Waals surface area contributed by atoms with E-state index in [0.29, 0.717) is 25.3 Å². The molecule has 2 rings (SSSR count). The van der Waals surface area contributed by atoms with Gasteiger partial charge in [-0.3, -0.25) is 4.98 Å². The minimum absolute atomic E-state index is 0.229. The molecule has 1 fully saturated rings. The predicted molar refractivity (Wildman–Crippen MR) is 67.6 cm³/mol. The van der Waals surface area contributed by atoms with Crippen molar-refractivity contribution in [1.82, 2.24) is 4.98 Å². The maximum absolute atomic E-state index is 11.5. The fourth-order valence-electron chi connectivity index (χ4n) is 1.97. The van der Waals surface area contributed by atoms with Gasteiger partial charge in [-0.15, -0.1) is 0 Å². The van der Waals surface area contributed by atoms with Crippen LogP contribution in [0.3, 0.4) is 0 Å². The lowest BCUT2D eigenvalue weighted by Gasteiger charge is -2.22. The summed E-state index contributed by atoms with van der Waals surface area (Å²) in [4.78, 5) is 6.22. The van der Waals surface area contributed by atoms with E-state index in [1.165, 1.54) is 0 Å². The van der Waals surface area contributed by atoms with Crippen molar-refractivity contribution >= 4 is 15.5 Å². The number of sulfone groups is 1. The van der Waals surface area contributed by atoms with E-state index in [1.807, 2.05) is 12.1 Å². The minimum Gasteiger partial charge on any atom is -0.370 e. The molecule has 1 aliphatic rings. The minimum atomic E-state index is -2.86. The molecule has 0 spiro atoms. The number of aromatic nitrogens is 1. The van der Waals surface area contributed by atoms with Crippen molar-refractivity contribution in [2.45, 2.75) is 13.0 Å². The van der Waals surface area contributed by atoms with E-state index in [-0.39, 0.29) is 5.75 Å². The molecule has 2 heterocycles. The zero-order valence-electron chi connectivity index (χ0n) is 9.67. The molecule has 0 aliphatic carbocycles. The van der Waals surface area contributed by atoms with Crippen molar-refractivity contribution in [3.63, 3.8) is 0 Å². The van der Waals surface area contributed by atoms with Crippen LogP contribution in [0.4, 0.5) is 5.69 Å². The smallest absolute Gasteiger partial charge is 0.152 e. The van der Waals surface area contributed by atoms with Gasteiger partial charge in [0, 0.05) is 31.5 Å². The predicted octanol–water partition coefficient (Wildman–Crippen LogP) is 0.165. The molecule has 17 heavy (non-hydrogen) atoms. The van der Waals surface area contributed by atoms with Crippen LogP contribution < -0.4 is 10.6 Å². The second-order valence-electron chi connectivity index (χ2n) is 4.20. The summed E-state index contributed by atoms with van der Waals surface area (Å²) in [6.45, 7) is 1.73. The number of rotatable bonds is 2. The number of hydrogen-bond donors (Lipinski definition) is 1. The van der Waals surface area contributed by atoms with E-state index in [0.717, 1.165) is 17.9 Å². The van der Waals surface area contributed by atoms with E-state index in [1.54, 1.807) is 6.20 Å². The molecule has 1 saturated heterocycles. The van der Waals surface area contributed by atoms with Gasteiger partial charge in [0.2, 0.25) is 0 Å². The van der Waals surface area contributed by atoms with Gasteiger partial charge >= 0.3 is 0 Å². The Morgan fingerprint density at radius 2 is 2.18 bits per heavy atom. The van der Waals surface area contributed by atoms with E-state index >= 15 is 0 Å². The third-order valence-electron chi connectivity index (χ3n) is 2.93. The summed E-state index contributed by atoms with van der Waals surface area (Å²) < 4.78 is 23.0. The van der Waals surface area contributed by atoms with Crippen LogP contribution >= 0.6 is 0 Å². The second kappa shape index (κ2) is 5.01. The first-order chi connectivity index (χ1) is 8.11. The Morgan fingerprint density at radius 1 is 1.35 bits per heavy atom. The van der Waals surface area contributed by atoms with Crippen molar-refractivity contribution in [3.05, 3.63) is 24.0 Å². The largest absolute Gasteiger partial charge is 0.370 e. The summed E-state index contributed by atoms with van der Waals surface area (Å²) in [6.07, 6.45) is 2.40. The van der Waals surface area contributed by atoms with Crippen LogP contribution in [-0.2, 0) is 16.4 Å². The maximum Gasteiger partial charge on any atom is 0.152 e. The normalized spacial score (nSPS) is 19.9. The van der Waals surface area contributed by atoms with Gasteiger partial charge in [-0.1, -0.05) is 0 Å². The maximum atomic E-state index is 11.5. The molecule has 2 N–H and O–H groups in total. The van der Waals surface area contributed by atoms with Gasteiger partial charge in [0.1, 0.15) is 0 Å². The van der Waals surface area contributed by atoms with Crippen molar-refractivity contribution in [3.8, 4) is 0 Å². The summed E-state index contributed by atoms with van der Waals surface area (Å²) in [7, 11) is -2.86. The van der Waals surface area contributed by atoms with Crippen molar-refractivity contribution in [1.29, 1.82) is 0 Å². The van der Waals surface area contributed by atoms with E-state index in [4.69, 9.17) is 5.73 Å². The Labute approximate surface area is 102 Å². The summed E-state index contributed by atoms with van der Waals surface area (Å²) in [5, 5.41) is 0. The quantitative estimate of drug-likeness (QED) is 0.815. The number of hydrogen-bond acceptors (Lipinski definition) is 5. The van der Waals surface area contributed by atoms with Gasteiger partial charge in [0.25, 0.3) is 0 Å². The molecule has 0 radical (unpaired) electrons. The van der Waals surface area contributed by atoms with Crippen LogP contribution in [0.2, 0.25) is 0 Å². The highest BCUT2D eigenvalue weighted by Crippen LogP contribution is 2.17. The average Bonchev–Trinajstić information content (AvgIpc) is 2.50. The van der Waals surface area contributed by atoms with Crippen molar-refractivity contribution in [2.24, 2.45) is 5.73 Å². The monoisotopic (exact) mass is 255 g/mol. The van der Waals surface area contributed by atoms with Gasteiger partial charge in [0.15, 0.2) is 9.84 Å². The van der Waals surface area contributed by atoms with Crippen LogP contribution in [-0.4, -0.2) is 38.0 Å². The Balaban J connectivity index is 2.16. The Hall–Kier alpha value is -1.14. The lowest BCUT2D eigenvalue weighted by molar-refractivity contribution is 0.597. The molecule has 1 aliphatic heterocycles. The Morgan fingerprint density at radius 3 is 2.94 bits per heavy atom. The van der Waals surface area contributed by atoms with Crippen LogP contribution in [0.5, 0.6) is 0 Å². The SMILES string of the molecule is NCc1cc(N2CCCS(=O)(=O)CC2)ccn1. The summed E-state index contributed by atoms with van der Waals surface area (Å²) in [6, 6.07) is 3.83. The molecule has 0 saturated carbocycles. The van der Waals surface area contributed by atoms with E-state index in [9.17, 15) is 8.42 Å². The number of pyridine rings is 1. The van der Waals surface area contributed by atoms with Crippen molar-refractivity contribution in [2.75, 3.05) is 29.5 Å². The fourth-order valence-corrected chi connectivity index (χ4v) is 3.24. The first-order valence-corrected chi connectivity index (χ1v) is 7.53. The second-order valence-corrected chi connectivity index (χ2v) is 6.51. The van der Waals surface area contributed by atoms with Gasteiger partial charge in [-0.25, -0.2) is 8.42 Å². The zero-order valence-corrected chi connectivity index (χ0v) is 10.5. The lowest BCUT2D eigenvalue weighted by atomic mass is 10.2. The average molecular weight is 255 g/mol. The lowest BCUT2D eigenvalue weighted by Crippen LogP contribution is -2.26. The van der Waals surface area contributed by atoms with Crippen molar-refractivity contribution < 1.29 is 8.42 Å². The Bertz CT molecular complexity index is 487. The van der Waals surface area contributed by atoms with Gasteiger partial charge in [0.05, 0.1) is 17.2 Å². The van der Waals surface area contributed by atoms with E-state index in [2.05, 4.69) is 9.88 Å². The highest BCUT2D eigenvalue weighted by molar-refractivity contribution is 7.91. The zero-order chi connectivity index (χ0) is 12.3. The molecule has 5 nitrogen and oxygen atoms in total. The standard InChI is InChI=1S/C11H17N3O2S/c12-9-10-8-11(2-3-13-10)14-4-1-6-17(15,16)7-5-14/h2-3,8H,1,4-7,9,12H2. The topological polar surface area (TPSA) is 76.3 Å². The summed E-state index contributed by atoms with van der Waals surface area (Å²) >= 11 is 0. The fraction of sp³-hybridized carbons (Fsp3) is 0.545. The summed E-state index contributed by atoms with van der Waals surface area (Å²) in [5.74, 6) is 0.519. The molecule has 1 aromatic rings. The first kappa shape index (κ1) is 12.3. The molecule has 0 bridgehead atoms.